The fraction of sp³-hybridized carbons (Fsp3) is 0.562. The van der Waals surface area contributed by atoms with Crippen LogP contribution in [0.3, 0.4) is 0 Å². The zero-order chi connectivity index (χ0) is 16.0. The first-order valence-electron chi connectivity index (χ1n) is 7.36. The van der Waals surface area contributed by atoms with E-state index in [1.807, 2.05) is 30.3 Å². The van der Waals surface area contributed by atoms with Crippen LogP contribution in [0.15, 0.2) is 30.3 Å². The Balaban J connectivity index is 2.68. The molecule has 0 bridgehead atoms. The molecule has 0 aliphatic carbocycles. The molecule has 1 amide bonds. The lowest BCUT2D eigenvalue weighted by Gasteiger charge is -2.19. The molecule has 0 aliphatic heterocycles. The highest BCUT2D eigenvalue weighted by Crippen LogP contribution is 2.18. The van der Waals surface area contributed by atoms with Crippen LogP contribution < -0.4 is 5.32 Å². The lowest BCUT2D eigenvalue weighted by Crippen LogP contribution is -2.42. The van der Waals surface area contributed by atoms with Gasteiger partial charge in [-0.2, -0.15) is 0 Å². The number of amides is 1. The monoisotopic (exact) mass is 311 g/mol. The highest BCUT2D eigenvalue weighted by Gasteiger charge is 2.30. The van der Waals surface area contributed by atoms with Gasteiger partial charge in [-0.1, -0.05) is 37.3 Å². The van der Waals surface area contributed by atoms with Gasteiger partial charge in [0.25, 0.3) is 0 Å². The molecule has 0 aliphatic rings. The maximum absolute atomic E-state index is 12.1. The van der Waals surface area contributed by atoms with Crippen molar-refractivity contribution in [3.05, 3.63) is 35.9 Å². The van der Waals surface area contributed by atoms with Crippen molar-refractivity contribution in [2.24, 2.45) is 0 Å². The van der Waals surface area contributed by atoms with Gasteiger partial charge >= 0.3 is 0 Å². The Morgan fingerprint density at radius 3 is 2.19 bits per heavy atom. The number of benzene rings is 1. The average molecular weight is 311 g/mol. The predicted molar refractivity (Wildman–Crippen MR) is 86.0 cm³/mol. The van der Waals surface area contributed by atoms with Crippen LogP contribution in [-0.4, -0.2) is 31.4 Å². The molecule has 0 saturated carbocycles. The van der Waals surface area contributed by atoms with Crippen molar-refractivity contribution >= 4 is 15.7 Å². The molecule has 1 N–H and O–H groups in total. The van der Waals surface area contributed by atoms with Crippen molar-refractivity contribution in [3.63, 3.8) is 0 Å². The summed E-state index contributed by atoms with van der Waals surface area (Å²) in [5.74, 6) is -0.220. The van der Waals surface area contributed by atoms with Crippen LogP contribution in [0.1, 0.15) is 45.6 Å². The van der Waals surface area contributed by atoms with Crippen molar-refractivity contribution < 1.29 is 13.2 Å². The van der Waals surface area contributed by atoms with Crippen molar-refractivity contribution in [1.82, 2.24) is 5.32 Å². The predicted octanol–water partition coefficient (Wildman–Crippen LogP) is 2.51. The second kappa shape index (κ2) is 7.59. The Hall–Kier alpha value is -1.36. The molecule has 5 heteroatoms. The third-order valence-electron chi connectivity index (χ3n) is 3.81. The molecule has 2 atom stereocenters. The quantitative estimate of drug-likeness (QED) is 0.841. The molecule has 0 aromatic heterocycles. The maximum atomic E-state index is 12.1. The zero-order valence-electron chi connectivity index (χ0n) is 13.2. The summed E-state index contributed by atoms with van der Waals surface area (Å²) in [6.07, 6.45) is 0.885. The summed E-state index contributed by atoms with van der Waals surface area (Å²) in [7, 11) is -3.41. The van der Waals surface area contributed by atoms with Gasteiger partial charge in [0, 0.05) is 12.5 Å². The molecule has 0 saturated heterocycles. The number of carbonyl (C=O) groups excluding carboxylic acids is 1. The largest absolute Gasteiger partial charge is 0.354 e. The smallest absolute Gasteiger partial charge is 0.238 e. The van der Waals surface area contributed by atoms with E-state index >= 15 is 0 Å². The molecule has 21 heavy (non-hydrogen) atoms. The van der Waals surface area contributed by atoms with E-state index < -0.39 is 26.2 Å². The van der Waals surface area contributed by atoms with Crippen molar-refractivity contribution in [2.45, 2.75) is 50.5 Å². The number of hydrogen-bond acceptors (Lipinski definition) is 3. The summed E-state index contributed by atoms with van der Waals surface area (Å²) in [5.41, 5.74) is 1.15. The van der Waals surface area contributed by atoms with E-state index in [0.717, 1.165) is 12.0 Å². The van der Waals surface area contributed by atoms with Gasteiger partial charge in [-0.05, 0) is 32.8 Å². The van der Waals surface area contributed by atoms with Crippen LogP contribution in [0.25, 0.3) is 0 Å². The molecular formula is C16H25NO3S. The van der Waals surface area contributed by atoms with E-state index in [2.05, 4.69) is 12.2 Å². The van der Waals surface area contributed by atoms with E-state index in [-0.39, 0.29) is 5.92 Å². The maximum Gasteiger partial charge on any atom is 0.238 e. The van der Waals surface area contributed by atoms with E-state index in [1.165, 1.54) is 6.92 Å². The minimum atomic E-state index is -3.41. The summed E-state index contributed by atoms with van der Waals surface area (Å²) in [6.45, 7) is 7.15. The number of sulfone groups is 1. The van der Waals surface area contributed by atoms with E-state index in [0.29, 0.717) is 6.54 Å². The van der Waals surface area contributed by atoms with Crippen molar-refractivity contribution in [2.75, 3.05) is 6.54 Å². The van der Waals surface area contributed by atoms with Gasteiger partial charge < -0.3 is 5.32 Å². The van der Waals surface area contributed by atoms with Crippen LogP contribution >= 0.6 is 0 Å². The number of carbonyl (C=O) groups is 1. The normalized spacial score (nSPS) is 14.7. The van der Waals surface area contributed by atoms with Gasteiger partial charge in [-0.15, -0.1) is 0 Å². The highest BCUT2D eigenvalue weighted by atomic mass is 32.2. The SMILES string of the molecule is CC[C@@H](CNC(=O)[C@H](C)S(=O)(=O)C(C)C)c1ccccc1. The molecule has 0 fully saturated rings. The summed E-state index contributed by atoms with van der Waals surface area (Å²) in [6, 6.07) is 9.92. The minimum absolute atomic E-state index is 0.198. The third kappa shape index (κ3) is 4.56. The lowest BCUT2D eigenvalue weighted by atomic mass is 9.96. The first-order chi connectivity index (χ1) is 9.80. The Bertz CT molecular complexity index is 552. The van der Waals surface area contributed by atoms with Gasteiger partial charge in [-0.25, -0.2) is 8.42 Å². The second-order valence-corrected chi connectivity index (χ2v) is 8.37. The fourth-order valence-electron chi connectivity index (χ4n) is 2.15. The molecule has 4 nitrogen and oxygen atoms in total. The van der Waals surface area contributed by atoms with Gasteiger partial charge in [0.05, 0.1) is 5.25 Å². The van der Waals surface area contributed by atoms with Gasteiger partial charge in [0.1, 0.15) is 5.25 Å². The molecule has 1 aromatic carbocycles. The van der Waals surface area contributed by atoms with Crippen LogP contribution in [-0.2, 0) is 14.6 Å². The third-order valence-corrected chi connectivity index (χ3v) is 6.32. The zero-order valence-corrected chi connectivity index (χ0v) is 14.0. The van der Waals surface area contributed by atoms with Crippen LogP contribution in [0.5, 0.6) is 0 Å². The van der Waals surface area contributed by atoms with E-state index in [1.54, 1.807) is 13.8 Å². The lowest BCUT2D eigenvalue weighted by molar-refractivity contribution is -0.120. The molecule has 0 radical (unpaired) electrons. The molecule has 0 heterocycles. The van der Waals surface area contributed by atoms with E-state index in [9.17, 15) is 13.2 Å². The Morgan fingerprint density at radius 1 is 1.14 bits per heavy atom. The standard InChI is InChI=1S/C16H25NO3S/c1-5-14(15-9-7-6-8-10-15)11-17-16(18)13(4)21(19,20)12(2)3/h6-10,12-14H,5,11H2,1-4H3,(H,17,18)/t13-,14-/m0/s1. The van der Waals surface area contributed by atoms with Gasteiger partial charge in [-0.3, -0.25) is 4.79 Å². The first kappa shape index (κ1) is 17.7. The number of hydrogen-bond donors (Lipinski definition) is 1. The van der Waals surface area contributed by atoms with E-state index in [4.69, 9.17) is 0 Å². The summed E-state index contributed by atoms with van der Waals surface area (Å²) in [4.78, 5) is 12.1. The number of rotatable bonds is 7. The summed E-state index contributed by atoms with van der Waals surface area (Å²) >= 11 is 0. The molecular weight excluding hydrogens is 286 g/mol. The van der Waals surface area contributed by atoms with Crippen LogP contribution in [0.2, 0.25) is 0 Å². The Morgan fingerprint density at radius 2 is 1.71 bits per heavy atom. The first-order valence-corrected chi connectivity index (χ1v) is 8.97. The minimum Gasteiger partial charge on any atom is -0.354 e. The van der Waals surface area contributed by atoms with Crippen LogP contribution in [0, 0.1) is 0 Å². The fourth-order valence-corrected chi connectivity index (χ4v) is 3.35. The van der Waals surface area contributed by atoms with Crippen molar-refractivity contribution in [1.29, 1.82) is 0 Å². The average Bonchev–Trinajstić information content (AvgIpc) is 2.47. The molecule has 0 unspecified atom stereocenters. The molecule has 1 aromatic rings. The van der Waals surface area contributed by atoms with Gasteiger partial charge in [0.2, 0.25) is 5.91 Å². The van der Waals surface area contributed by atoms with Crippen LogP contribution in [0.4, 0.5) is 0 Å². The summed E-state index contributed by atoms with van der Waals surface area (Å²) in [5, 5.41) is 1.22. The Labute approximate surface area is 127 Å². The molecule has 118 valence electrons. The van der Waals surface area contributed by atoms with Gasteiger partial charge in [0.15, 0.2) is 9.84 Å². The Kier molecular flexibility index (Phi) is 6.40. The topological polar surface area (TPSA) is 63.2 Å². The molecule has 0 spiro atoms. The highest BCUT2D eigenvalue weighted by molar-refractivity contribution is 7.93. The molecule has 1 rings (SSSR count). The second-order valence-electron chi connectivity index (χ2n) is 5.54. The van der Waals surface area contributed by atoms with Crippen molar-refractivity contribution in [3.8, 4) is 0 Å². The number of nitrogens with one attached hydrogen (secondary N) is 1. The summed E-state index contributed by atoms with van der Waals surface area (Å²) < 4.78 is 24.0.